The summed E-state index contributed by atoms with van der Waals surface area (Å²) in [4.78, 5) is 0.325. The molecule has 124 valence electrons. The summed E-state index contributed by atoms with van der Waals surface area (Å²) in [6.07, 6.45) is 2.73. The van der Waals surface area contributed by atoms with Crippen LogP contribution in [-0.2, 0) is 21.2 Å². The Morgan fingerprint density at radius 1 is 1.23 bits per heavy atom. The average molecular weight is 326 g/mol. The predicted molar refractivity (Wildman–Crippen MR) is 87.4 cm³/mol. The Bertz CT molecular complexity index is 558. The average Bonchev–Trinajstić information content (AvgIpc) is 2.54. The van der Waals surface area contributed by atoms with E-state index in [2.05, 4.69) is 10.0 Å². The van der Waals surface area contributed by atoms with E-state index in [9.17, 15) is 8.42 Å². The molecule has 0 bridgehead atoms. The highest BCUT2D eigenvalue weighted by molar-refractivity contribution is 7.89. The zero-order valence-electron chi connectivity index (χ0n) is 13.4. The van der Waals surface area contributed by atoms with Crippen LogP contribution in [-0.4, -0.2) is 41.8 Å². The molecule has 0 aliphatic carbocycles. The Labute approximate surface area is 133 Å². The molecule has 0 spiro atoms. The van der Waals surface area contributed by atoms with E-state index in [4.69, 9.17) is 4.74 Å². The van der Waals surface area contributed by atoms with Crippen LogP contribution >= 0.6 is 0 Å². The lowest BCUT2D eigenvalue weighted by atomic mass is 9.80. The Morgan fingerprint density at radius 3 is 2.41 bits per heavy atom. The largest absolute Gasteiger partial charge is 0.384 e. The number of rotatable bonds is 7. The maximum Gasteiger partial charge on any atom is 0.240 e. The minimum atomic E-state index is -3.47. The fraction of sp³-hybridized carbons (Fsp3) is 0.625. The zero-order chi connectivity index (χ0) is 16.1. The van der Waals surface area contributed by atoms with E-state index < -0.39 is 10.0 Å². The van der Waals surface area contributed by atoms with Crippen molar-refractivity contribution in [3.05, 3.63) is 29.8 Å². The van der Waals surface area contributed by atoms with Crippen molar-refractivity contribution in [3.63, 3.8) is 0 Å². The molecule has 1 saturated heterocycles. The molecule has 0 amide bonds. The van der Waals surface area contributed by atoms with Gasteiger partial charge in [0, 0.05) is 19.1 Å². The molecule has 1 aliphatic heterocycles. The van der Waals surface area contributed by atoms with E-state index >= 15 is 0 Å². The minimum absolute atomic E-state index is 0.115. The molecule has 0 radical (unpaired) electrons. The summed E-state index contributed by atoms with van der Waals surface area (Å²) in [5, 5.41) is 3.31. The van der Waals surface area contributed by atoms with Crippen LogP contribution in [0.5, 0.6) is 0 Å². The number of piperidine rings is 1. The van der Waals surface area contributed by atoms with Crippen LogP contribution in [0, 0.1) is 5.41 Å². The summed E-state index contributed by atoms with van der Waals surface area (Å²) in [5.74, 6) is 0. The van der Waals surface area contributed by atoms with Crippen LogP contribution in [0.4, 0.5) is 0 Å². The topological polar surface area (TPSA) is 67.4 Å². The molecule has 2 rings (SSSR count). The highest BCUT2D eigenvalue weighted by Crippen LogP contribution is 2.28. The first-order valence-electron chi connectivity index (χ1n) is 7.80. The number of ether oxygens (including phenoxy) is 1. The van der Waals surface area contributed by atoms with Crippen molar-refractivity contribution in [2.75, 3.05) is 33.4 Å². The third-order valence-corrected chi connectivity index (χ3v) is 5.81. The summed E-state index contributed by atoms with van der Waals surface area (Å²) in [6, 6.07) is 7.08. The molecule has 0 aromatic heterocycles. The van der Waals surface area contributed by atoms with Crippen molar-refractivity contribution in [2.24, 2.45) is 5.41 Å². The molecule has 6 heteroatoms. The van der Waals surface area contributed by atoms with Gasteiger partial charge in [0.25, 0.3) is 0 Å². The van der Waals surface area contributed by atoms with Crippen LogP contribution in [0.25, 0.3) is 0 Å². The fourth-order valence-corrected chi connectivity index (χ4v) is 4.03. The lowest BCUT2D eigenvalue weighted by Crippen LogP contribution is -2.47. The number of sulfonamides is 1. The summed E-state index contributed by atoms with van der Waals surface area (Å²) < 4.78 is 33.0. The summed E-state index contributed by atoms with van der Waals surface area (Å²) in [7, 11) is -1.80. The van der Waals surface area contributed by atoms with Gasteiger partial charge in [-0.3, -0.25) is 0 Å². The van der Waals surface area contributed by atoms with Gasteiger partial charge in [0.15, 0.2) is 0 Å². The Kier molecular flexibility index (Phi) is 5.97. The third-order valence-electron chi connectivity index (χ3n) is 4.39. The van der Waals surface area contributed by atoms with E-state index in [-0.39, 0.29) is 5.41 Å². The third kappa shape index (κ3) is 4.29. The minimum Gasteiger partial charge on any atom is -0.384 e. The quantitative estimate of drug-likeness (QED) is 0.798. The van der Waals surface area contributed by atoms with Crippen molar-refractivity contribution in [1.82, 2.24) is 10.0 Å². The van der Waals surface area contributed by atoms with Gasteiger partial charge in [-0.25, -0.2) is 13.1 Å². The highest BCUT2D eigenvalue weighted by atomic mass is 32.2. The van der Waals surface area contributed by atoms with Crippen LogP contribution in [0.15, 0.2) is 29.2 Å². The molecule has 1 heterocycles. The second-order valence-corrected chi connectivity index (χ2v) is 7.77. The Balaban J connectivity index is 2.06. The number of methoxy groups -OCH3 is 1. The van der Waals surface area contributed by atoms with Gasteiger partial charge in [-0.2, -0.15) is 0 Å². The monoisotopic (exact) mass is 326 g/mol. The number of nitrogens with one attached hydrogen (secondary N) is 2. The lowest BCUT2D eigenvalue weighted by Gasteiger charge is -2.37. The van der Waals surface area contributed by atoms with Gasteiger partial charge in [0.1, 0.15) is 0 Å². The lowest BCUT2D eigenvalue weighted by molar-refractivity contribution is 0.0577. The van der Waals surface area contributed by atoms with E-state index in [1.54, 1.807) is 19.2 Å². The van der Waals surface area contributed by atoms with Gasteiger partial charge in [0.2, 0.25) is 10.0 Å². The van der Waals surface area contributed by atoms with Gasteiger partial charge < -0.3 is 10.1 Å². The van der Waals surface area contributed by atoms with Crippen molar-refractivity contribution >= 4 is 10.0 Å². The first-order chi connectivity index (χ1) is 10.5. The summed E-state index contributed by atoms with van der Waals surface area (Å²) >= 11 is 0. The molecule has 0 unspecified atom stereocenters. The smallest absolute Gasteiger partial charge is 0.240 e. The molecule has 1 fully saturated rings. The van der Waals surface area contributed by atoms with E-state index in [1.165, 1.54) is 0 Å². The van der Waals surface area contributed by atoms with E-state index in [0.29, 0.717) is 18.0 Å². The first kappa shape index (κ1) is 17.4. The van der Waals surface area contributed by atoms with E-state index in [1.807, 2.05) is 19.1 Å². The second-order valence-electron chi connectivity index (χ2n) is 6.01. The van der Waals surface area contributed by atoms with Crippen molar-refractivity contribution < 1.29 is 13.2 Å². The van der Waals surface area contributed by atoms with Gasteiger partial charge >= 0.3 is 0 Å². The fourth-order valence-electron chi connectivity index (χ4n) is 2.87. The van der Waals surface area contributed by atoms with Crippen molar-refractivity contribution in [1.29, 1.82) is 0 Å². The van der Waals surface area contributed by atoms with Crippen LogP contribution in [0.3, 0.4) is 0 Å². The van der Waals surface area contributed by atoms with Crippen LogP contribution in [0.2, 0.25) is 0 Å². The number of hydrogen-bond donors (Lipinski definition) is 2. The molecule has 0 atom stereocenters. The van der Waals surface area contributed by atoms with Gasteiger partial charge in [-0.1, -0.05) is 19.1 Å². The maximum absolute atomic E-state index is 12.5. The molecule has 0 saturated carbocycles. The van der Waals surface area contributed by atoms with E-state index in [0.717, 1.165) is 37.9 Å². The number of aryl methyl sites for hydroxylation is 1. The van der Waals surface area contributed by atoms with Crippen molar-refractivity contribution in [2.45, 2.75) is 31.1 Å². The van der Waals surface area contributed by atoms with Crippen LogP contribution < -0.4 is 10.0 Å². The van der Waals surface area contributed by atoms with Gasteiger partial charge in [-0.15, -0.1) is 0 Å². The molecule has 1 aromatic carbocycles. The predicted octanol–water partition coefficient (Wildman–Crippen LogP) is 1.54. The first-order valence-corrected chi connectivity index (χ1v) is 9.28. The standard InChI is InChI=1S/C16H26N2O3S/c1-3-14-4-6-15(7-5-14)22(19,20)18-12-16(13-21-2)8-10-17-11-9-16/h4-7,17-18H,3,8-13H2,1-2H3. The summed E-state index contributed by atoms with van der Waals surface area (Å²) in [5.41, 5.74) is 1.02. The Hall–Kier alpha value is -0.950. The molecular formula is C16H26N2O3S. The number of benzene rings is 1. The number of hydrogen-bond acceptors (Lipinski definition) is 4. The van der Waals surface area contributed by atoms with Gasteiger partial charge in [-0.05, 0) is 50.0 Å². The highest BCUT2D eigenvalue weighted by Gasteiger charge is 2.33. The van der Waals surface area contributed by atoms with Crippen molar-refractivity contribution in [3.8, 4) is 0 Å². The van der Waals surface area contributed by atoms with Gasteiger partial charge in [0.05, 0.1) is 11.5 Å². The second kappa shape index (κ2) is 7.55. The normalized spacial score (nSPS) is 18.3. The molecule has 2 N–H and O–H groups in total. The zero-order valence-corrected chi connectivity index (χ0v) is 14.2. The maximum atomic E-state index is 12.5. The SMILES string of the molecule is CCc1ccc(S(=O)(=O)NCC2(COC)CCNCC2)cc1. The Morgan fingerprint density at radius 2 is 1.86 bits per heavy atom. The molecule has 1 aliphatic rings. The summed E-state index contributed by atoms with van der Waals surface area (Å²) in [6.45, 7) is 4.84. The van der Waals surface area contributed by atoms with Crippen LogP contribution in [0.1, 0.15) is 25.3 Å². The molecule has 5 nitrogen and oxygen atoms in total. The molecule has 22 heavy (non-hydrogen) atoms. The molecular weight excluding hydrogens is 300 g/mol. The molecule has 1 aromatic rings.